The largest absolute Gasteiger partial charge is 0.369 e. The van der Waals surface area contributed by atoms with Crippen LogP contribution in [0.25, 0.3) is 0 Å². The van der Waals surface area contributed by atoms with Gasteiger partial charge in [0.05, 0.1) is 5.41 Å². The van der Waals surface area contributed by atoms with E-state index in [9.17, 15) is 4.79 Å². The van der Waals surface area contributed by atoms with Crippen molar-refractivity contribution in [1.82, 2.24) is 0 Å². The van der Waals surface area contributed by atoms with Gasteiger partial charge in [0.15, 0.2) is 0 Å². The third-order valence-electron chi connectivity index (χ3n) is 5.77. The molecule has 0 saturated heterocycles. The molecule has 4 atom stereocenters. The molecular weight excluding hydrogens is 210 g/mol. The van der Waals surface area contributed by atoms with Crippen LogP contribution in [0.1, 0.15) is 65.2 Å². The molecule has 4 bridgehead atoms. The minimum absolute atomic E-state index is 0.00620. The molecule has 2 unspecified atom stereocenters. The van der Waals surface area contributed by atoms with Crippen LogP contribution in [0, 0.1) is 22.2 Å². The smallest absolute Gasteiger partial charge is 0.223 e. The highest BCUT2D eigenvalue weighted by molar-refractivity contribution is 5.81. The molecule has 0 aromatic heterocycles. The summed E-state index contributed by atoms with van der Waals surface area (Å²) >= 11 is 0. The van der Waals surface area contributed by atoms with Gasteiger partial charge in [0.1, 0.15) is 0 Å². The van der Waals surface area contributed by atoms with Gasteiger partial charge in [0.25, 0.3) is 0 Å². The number of nitrogens with two attached hydrogens (primary N) is 1. The summed E-state index contributed by atoms with van der Waals surface area (Å²) in [5, 5.41) is 0. The number of hydrogen-bond donors (Lipinski definition) is 1. The van der Waals surface area contributed by atoms with E-state index >= 15 is 0 Å². The van der Waals surface area contributed by atoms with Gasteiger partial charge in [-0.05, 0) is 61.7 Å². The molecule has 0 aliphatic heterocycles. The van der Waals surface area contributed by atoms with Crippen molar-refractivity contribution in [2.24, 2.45) is 27.9 Å². The van der Waals surface area contributed by atoms with Crippen LogP contribution < -0.4 is 5.73 Å². The average molecular weight is 235 g/mol. The normalized spacial score (nSPS) is 51.8. The van der Waals surface area contributed by atoms with Gasteiger partial charge < -0.3 is 5.73 Å². The fourth-order valence-electron chi connectivity index (χ4n) is 6.22. The number of carbonyl (C=O) groups excluding carboxylic acids is 1. The van der Waals surface area contributed by atoms with Gasteiger partial charge in [-0.2, -0.15) is 0 Å². The Bertz CT molecular complexity index is 366. The van der Waals surface area contributed by atoms with Gasteiger partial charge >= 0.3 is 0 Å². The number of carbonyl (C=O) groups is 1. The van der Waals surface area contributed by atoms with E-state index in [0.717, 1.165) is 25.2 Å². The number of amides is 1. The van der Waals surface area contributed by atoms with Gasteiger partial charge in [-0.3, -0.25) is 4.79 Å². The van der Waals surface area contributed by atoms with E-state index in [2.05, 4.69) is 13.8 Å². The molecule has 0 aromatic carbocycles. The van der Waals surface area contributed by atoms with E-state index in [1.807, 2.05) is 0 Å². The second-order valence-electron chi connectivity index (χ2n) is 7.71. The van der Waals surface area contributed by atoms with E-state index in [-0.39, 0.29) is 11.3 Å². The first-order valence-corrected chi connectivity index (χ1v) is 7.21. The van der Waals surface area contributed by atoms with E-state index in [0.29, 0.717) is 10.8 Å². The molecule has 4 aliphatic rings. The first kappa shape index (κ1) is 11.6. The van der Waals surface area contributed by atoms with E-state index in [4.69, 9.17) is 5.73 Å². The lowest BCUT2D eigenvalue weighted by atomic mass is 9.39. The standard InChI is InChI=1S/C15H25NO/c1-3-4-14-6-11-5-13(2,8-14)9-15(7-11,10-14)12(16)17/h11H,3-10H2,1-2H3,(H2,16,17)/t11?,13-,14+,15?/m1/s1. The Morgan fingerprint density at radius 2 is 2.00 bits per heavy atom. The Balaban J connectivity index is 2.00. The molecule has 1 amide bonds. The van der Waals surface area contributed by atoms with E-state index < -0.39 is 0 Å². The van der Waals surface area contributed by atoms with Crippen LogP contribution in [0.4, 0.5) is 0 Å². The summed E-state index contributed by atoms with van der Waals surface area (Å²) in [5.74, 6) is 0.767. The zero-order valence-corrected chi connectivity index (χ0v) is 11.2. The maximum absolute atomic E-state index is 12.0. The first-order valence-electron chi connectivity index (χ1n) is 7.21. The van der Waals surface area contributed by atoms with Crippen LogP contribution in [0.5, 0.6) is 0 Å². The van der Waals surface area contributed by atoms with E-state index in [1.165, 1.54) is 32.1 Å². The molecule has 0 radical (unpaired) electrons. The van der Waals surface area contributed by atoms with Crippen LogP contribution in [-0.4, -0.2) is 5.91 Å². The van der Waals surface area contributed by atoms with Crippen molar-refractivity contribution in [3.05, 3.63) is 0 Å². The van der Waals surface area contributed by atoms with Crippen LogP contribution >= 0.6 is 0 Å². The lowest BCUT2D eigenvalue weighted by molar-refractivity contribution is -0.172. The third kappa shape index (κ3) is 1.56. The van der Waals surface area contributed by atoms with Crippen molar-refractivity contribution in [3.8, 4) is 0 Å². The molecule has 2 heteroatoms. The summed E-state index contributed by atoms with van der Waals surface area (Å²) in [5.41, 5.74) is 6.49. The second-order valence-corrected chi connectivity index (χ2v) is 7.71. The maximum Gasteiger partial charge on any atom is 0.223 e. The lowest BCUT2D eigenvalue weighted by Crippen LogP contribution is -2.59. The topological polar surface area (TPSA) is 43.1 Å². The summed E-state index contributed by atoms with van der Waals surface area (Å²) in [6, 6.07) is 0. The summed E-state index contributed by atoms with van der Waals surface area (Å²) in [4.78, 5) is 12.0. The summed E-state index contributed by atoms with van der Waals surface area (Å²) in [6.07, 6.45) is 9.85. The molecular formula is C15H25NO. The number of primary amides is 1. The highest BCUT2D eigenvalue weighted by Gasteiger charge is 2.63. The average Bonchev–Trinajstić information content (AvgIpc) is 2.12. The van der Waals surface area contributed by atoms with Crippen molar-refractivity contribution < 1.29 is 4.79 Å². The van der Waals surface area contributed by atoms with Gasteiger partial charge in [0.2, 0.25) is 5.91 Å². The fourth-order valence-corrected chi connectivity index (χ4v) is 6.22. The highest BCUT2D eigenvalue weighted by Crippen LogP contribution is 2.70. The molecule has 0 heterocycles. The zero-order chi connectivity index (χ0) is 12.3. The summed E-state index contributed by atoms with van der Waals surface area (Å²) in [6.45, 7) is 4.68. The Hall–Kier alpha value is -0.530. The third-order valence-corrected chi connectivity index (χ3v) is 5.77. The molecule has 2 nitrogen and oxygen atoms in total. The monoisotopic (exact) mass is 235 g/mol. The minimum atomic E-state index is -0.136. The molecule has 0 spiro atoms. The summed E-state index contributed by atoms with van der Waals surface area (Å²) < 4.78 is 0. The predicted octanol–water partition coefficient (Wildman–Crippen LogP) is 3.25. The molecule has 4 aliphatic carbocycles. The van der Waals surface area contributed by atoms with Crippen molar-refractivity contribution in [2.45, 2.75) is 65.2 Å². The van der Waals surface area contributed by atoms with Crippen molar-refractivity contribution in [2.75, 3.05) is 0 Å². The van der Waals surface area contributed by atoms with Gasteiger partial charge in [-0.1, -0.05) is 20.3 Å². The molecule has 4 rings (SSSR count). The molecule has 2 N–H and O–H groups in total. The predicted molar refractivity (Wildman–Crippen MR) is 68.3 cm³/mol. The summed E-state index contributed by atoms with van der Waals surface area (Å²) in [7, 11) is 0. The van der Waals surface area contributed by atoms with Crippen molar-refractivity contribution in [3.63, 3.8) is 0 Å². The van der Waals surface area contributed by atoms with Crippen LogP contribution in [-0.2, 0) is 4.79 Å². The number of hydrogen-bond acceptors (Lipinski definition) is 1. The molecule has 0 aromatic rings. The van der Waals surface area contributed by atoms with Crippen molar-refractivity contribution in [1.29, 1.82) is 0 Å². The molecule has 96 valence electrons. The van der Waals surface area contributed by atoms with Crippen LogP contribution in [0.2, 0.25) is 0 Å². The Morgan fingerprint density at radius 3 is 2.59 bits per heavy atom. The zero-order valence-electron chi connectivity index (χ0n) is 11.2. The fraction of sp³-hybridized carbons (Fsp3) is 0.933. The Kier molecular flexibility index (Phi) is 2.22. The quantitative estimate of drug-likeness (QED) is 0.801. The molecule has 4 saturated carbocycles. The van der Waals surface area contributed by atoms with Gasteiger partial charge in [-0.15, -0.1) is 0 Å². The van der Waals surface area contributed by atoms with Gasteiger partial charge in [0, 0.05) is 0 Å². The SMILES string of the molecule is CCC[C@]12CC3CC(C(N)=O)(C[C@](C)(C3)C1)C2. The first-order chi connectivity index (χ1) is 7.91. The lowest BCUT2D eigenvalue weighted by Gasteiger charge is -2.65. The molecule has 4 fully saturated rings. The minimum Gasteiger partial charge on any atom is -0.369 e. The molecule has 17 heavy (non-hydrogen) atoms. The second kappa shape index (κ2) is 3.27. The van der Waals surface area contributed by atoms with Crippen molar-refractivity contribution >= 4 is 5.91 Å². The van der Waals surface area contributed by atoms with Crippen LogP contribution in [0.3, 0.4) is 0 Å². The van der Waals surface area contributed by atoms with Gasteiger partial charge in [-0.25, -0.2) is 0 Å². The Labute approximate surface area is 104 Å². The van der Waals surface area contributed by atoms with Crippen LogP contribution in [0.15, 0.2) is 0 Å². The Morgan fingerprint density at radius 1 is 1.24 bits per heavy atom. The maximum atomic E-state index is 12.0. The number of rotatable bonds is 3. The van der Waals surface area contributed by atoms with E-state index in [1.54, 1.807) is 0 Å². The highest BCUT2D eigenvalue weighted by atomic mass is 16.1.